The van der Waals surface area contributed by atoms with Crippen molar-refractivity contribution in [2.75, 3.05) is 51.5 Å². The van der Waals surface area contributed by atoms with Crippen LogP contribution in [-0.2, 0) is 4.79 Å². The van der Waals surface area contributed by atoms with Crippen molar-refractivity contribution >= 4 is 45.6 Å². The Kier molecular flexibility index (Phi) is 9.31. The molecule has 1 aliphatic rings. The lowest BCUT2D eigenvalue weighted by atomic mass is 9.73. The number of hydroxylamine groups is 1. The summed E-state index contributed by atoms with van der Waals surface area (Å²) in [5.74, 6) is 1.34. The molecule has 3 N–H and O–H groups in total. The monoisotopic (exact) mass is 544 g/mol. The Bertz CT molecular complexity index is 1180. The van der Waals surface area contributed by atoms with E-state index >= 15 is 0 Å². The lowest BCUT2D eigenvalue weighted by Gasteiger charge is -2.40. The fourth-order valence-corrected chi connectivity index (χ4v) is 6.97. The topological polar surface area (TPSA) is 98.2 Å². The highest BCUT2D eigenvalue weighted by atomic mass is 32.2. The number of piperidine rings is 1. The number of likely N-dealkylation sites (tertiary alicyclic amines) is 1. The summed E-state index contributed by atoms with van der Waals surface area (Å²) in [5, 5.41) is 23.9. The van der Waals surface area contributed by atoms with E-state index in [1.165, 1.54) is 4.21 Å². The Hall–Kier alpha value is -2.37. The van der Waals surface area contributed by atoms with Gasteiger partial charge in [0.25, 0.3) is 0 Å². The molecule has 1 fully saturated rings. The molecule has 1 aliphatic heterocycles. The Morgan fingerprint density at radius 1 is 1.32 bits per heavy atom. The number of thiophene rings is 1. The molecule has 10 heteroatoms. The van der Waals surface area contributed by atoms with E-state index < -0.39 is 11.5 Å². The lowest BCUT2D eigenvalue weighted by molar-refractivity contribution is -0.143. The van der Waals surface area contributed by atoms with Gasteiger partial charge in [0.1, 0.15) is 5.75 Å². The summed E-state index contributed by atoms with van der Waals surface area (Å²) in [5.41, 5.74) is 3.57. The molecule has 3 heterocycles. The predicted octanol–water partition coefficient (Wildman–Crippen LogP) is 4.56. The number of nitrogens with one attached hydrogen (secondary N) is 1. The number of ether oxygens (including phenoxy) is 1. The molecule has 1 aromatic carbocycles. The SMILES string of the molecule is COc1ccc2ncc(N(C)C)c([C@H](O)CCC3(C(=O)NO)CCN(CCSc4cccs4)CC3)c2c1. The van der Waals surface area contributed by atoms with Gasteiger partial charge in [-0.25, -0.2) is 5.48 Å². The number of pyridine rings is 1. The first-order valence-electron chi connectivity index (χ1n) is 12.5. The first-order chi connectivity index (χ1) is 17.9. The molecule has 0 spiro atoms. The van der Waals surface area contributed by atoms with Crippen molar-refractivity contribution in [2.45, 2.75) is 36.0 Å². The molecule has 1 atom stereocenters. The zero-order chi connectivity index (χ0) is 26.4. The third-order valence-electron chi connectivity index (χ3n) is 7.35. The highest BCUT2D eigenvalue weighted by Crippen LogP contribution is 2.41. The number of nitrogens with zero attached hydrogens (tertiary/aromatic N) is 3. The van der Waals surface area contributed by atoms with Gasteiger partial charge in [0.15, 0.2) is 0 Å². The number of carbonyl (C=O) groups excluding carboxylic acids is 1. The van der Waals surface area contributed by atoms with E-state index in [4.69, 9.17) is 4.74 Å². The average Bonchev–Trinajstić information content (AvgIpc) is 3.44. The zero-order valence-corrected chi connectivity index (χ0v) is 23.3. The Labute approximate surface area is 226 Å². The number of anilines is 1. The number of benzene rings is 1. The van der Waals surface area contributed by atoms with Gasteiger partial charge >= 0.3 is 0 Å². The van der Waals surface area contributed by atoms with Crippen molar-refractivity contribution in [3.8, 4) is 5.75 Å². The van der Waals surface area contributed by atoms with E-state index in [2.05, 4.69) is 27.4 Å². The van der Waals surface area contributed by atoms with Crippen LogP contribution in [0.5, 0.6) is 5.75 Å². The predicted molar refractivity (Wildman–Crippen MR) is 150 cm³/mol. The van der Waals surface area contributed by atoms with E-state index in [-0.39, 0.29) is 5.91 Å². The standard InChI is InChI=1S/C27H36N4O4S2/c1-30(2)22-18-28-21-7-6-19(35-3)17-20(21)25(22)23(32)8-9-27(26(33)29-34)10-12-31(13-11-27)14-16-37-24-5-4-15-36-24/h4-7,15,17-18,23,32,34H,8-14,16H2,1-3H3,(H,29,33)/t23-/m1/s1. The Morgan fingerprint density at radius 3 is 2.76 bits per heavy atom. The highest BCUT2D eigenvalue weighted by molar-refractivity contribution is 8.01. The van der Waals surface area contributed by atoms with Gasteiger partial charge in [0, 0.05) is 37.3 Å². The normalized spacial score (nSPS) is 16.5. The fourth-order valence-electron chi connectivity index (χ4n) is 5.11. The molecule has 0 unspecified atom stereocenters. The number of aliphatic hydroxyl groups is 1. The van der Waals surface area contributed by atoms with E-state index in [1.54, 1.807) is 24.6 Å². The van der Waals surface area contributed by atoms with E-state index in [0.29, 0.717) is 31.4 Å². The number of amides is 1. The maximum atomic E-state index is 12.9. The molecule has 200 valence electrons. The number of thioether (sulfide) groups is 1. The van der Waals surface area contributed by atoms with Gasteiger partial charge < -0.3 is 19.6 Å². The summed E-state index contributed by atoms with van der Waals surface area (Å²) in [7, 11) is 5.46. The number of hydrogen-bond acceptors (Lipinski definition) is 9. The molecule has 0 radical (unpaired) electrons. The van der Waals surface area contributed by atoms with Crippen LogP contribution < -0.4 is 15.1 Å². The number of carbonyl (C=O) groups is 1. The molecule has 1 saturated heterocycles. The van der Waals surface area contributed by atoms with Crippen molar-refractivity contribution < 1.29 is 19.8 Å². The molecular formula is C27H36N4O4S2. The second-order valence-electron chi connectivity index (χ2n) is 9.73. The number of aliphatic hydroxyl groups excluding tert-OH is 1. The molecule has 2 aromatic heterocycles. The Morgan fingerprint density at radius 2 is 2.11 bits per heavy atom. The van der Waals surface area contributed by atoms with Crippen LogP contribution in [0.4, 0.5) is 5.69 Å². The van der Waals surface area contributed by atoms with E-state index in [1.807, 2.05) is 54.4 Å². The van der Waals surface area contributed by atoms with Gasteiger partial charge in [-0.2, -0.15) is 0 Å². The van der Waals surface area contributed by atoms with Crippen molar-refractivity contribution in [2.24, 2.45) is 5.41 Å². The van der Waals surface area contributed by atoms with Crippen LogP contribution >= 0.6 is 23.1 Å². The number of fused-ring (bicyclic) bond motifs is 1. The second kappa shape index (κ2) is 12.4. The summed E-state index contributed by atoms with van der Waals surface area (Å²) in [4.78, 5) is 21.8. The van der Waals surface area contributed by atoms with Crippen LogP contribution in [0.15, 0.2) is 46.1 Å². The Balaban J connectivity index is 1.47. The molecule has 37 heavy (non-hydrogen) atoms. The molecular weight excluding hydrogens is 508 g/mol. The number of aromatic nitrogens is 1. The first kappa shape index (κ1) is 27.7. The van der Waals surface area contributed by atoms with Crippen LogP contribution in [0.3, 0.4) is 0 Å². The number of methoxy groups -OCH3 is 1. The molecule has 1 amide bonds. The van der Waals surface area contributed by atoms with Crippen molar-refractivity contribution in [3.05, 3.63) is 47.5 Å². The van der Waals surface area contributed by atoms with Crippen molar-refractivity contribution in [3.63, 3.8) is 0 Å². The molecule has 3 aromatic rings. The molecule has 0 aliphatic carbocycles. The fraction of sp³-hybridized carbons (Fsp3) is 0.481. The zero-order valence-electron chi connectivity index (χ0n) is 21.6. The minimum absolute atomic E-state index is 0.360. The van der Waals surface area contributed by atoms with Crippen LogP contribution in [0.2, 0.25) is 0 Å². The van der Waals surface area contributed by atoms with Crippen LogP contribution in [0.1, 0.15) is 37.4 Å². The quantitative estimate of drug-likeness (QED) is 0.184. The van der Waals surface area contributed by atoms with Crippen LogP contribution in [0.25, 0.3) is 10.9 Å². The first-order valence-corrected chi connectivity index (χ1v) is 14.4. The smallest absolute Gasteiger partial charge is 0.249 e. The maximum Gasteiger partial charge on any atom is 0.249 e. The molecule has 4 rings (SSSR count). The van der Waals surface area contributed by atoms with Gasteiger partial charge in [0.2, 0.25) is 5.91 Å². The van der Waals surface area contributed by atoms with Gasteiger partial charge in [-0.1, -0.05) is 6.07 Å². The molecule has 0 saturated carbocycles. The lowest BCUT2D eigenvalue weighted by Crippen LogP contribution is -2.48. The maximum absolute atomic E-state index is 12.9. The minimum Gasteiger partial charge on any atom is -0.497 e. The van der Waals surface area contributed by atoms with Gasteiger partial charge in [-0.15, -0.1) is 23.1 Å². The summed E-state index contributed by atoms with van der Waals surface area (Å²) in [6, 6.07) is 9.84. The van der Waals surface area contributed by atoms with Crippen LogP contribution in [-0.4, -0.2) is 72.7 Å². The van der Waals surface area contributed by atoms with E-state index in [0.717, 1.165) is 47.5 Å². The minimum atomic E-state index is -0.807. The average molecular weight is 545 g/mol. The summed E-state index contributed by atoms with van der Waals surface area (Å²) in [6.45, 7) is 2.53. The second-order valence-corrected chi connectivity index (χ2v) is 12.1. The van der Waals surface area contributed by atoms with Gasteiger partial charge in [-0.05, 0) is 68.4 Å². The highest BCUT2D eigenvalue weighted by Gasteiger charge is 2.41. The van der Waals surface area contributed by atoms with Gasteiger partial charge in [-0.3, -0.25) is 15.0 Å². The van der Waals surface area contributed by atoms with Gasteiger partial charge in [0.05, 0.1) is 40.2 Å². The third-order valence-corrected chi connectivity index (χ3v) is 9.46. The summed E-state index contributed by atoms with van der Waals surface area (Å²) in [6.07, 6.45) is 3.11. The van der Waals surface area contributed by atoms with Crippen molar-refractivity contribution in [1.82, 2.24) is 15.4 Å². The van der Waals surface area contributed by atoms with E-state index in [9.17, 15) is 15.1 Å². The largest absolute Gasteiger partial charge is 0.497 e. The van der Waals surface area contributed by atoms with Crippen molar-refractivity contribution in [1.29, 1.82) is 0 Å². The number of hydrogen-bond donors (Lipinski definition) is 3. The molecule has 8 nitrogen and oxygen atoms in total. The summed E-state index contributed by atoms with van der Waals surface area (Å²) >= 11 is 3.61. The number of rotatable bonds is 11. The summed E-state index contributed by atoms with van der Waals surface area (Å²) < 4.78 is 6.74. The molecule has 0 bridgehead atoms. The van der Waals surface area contributed by atoms with Crippen LogP contribution in [0, 0.1) is 5.41 Å². The third kappa shape index (κ3) is 6.38.